The molecule has 9 atom stereocenters. The molecular formula is C26H47N8O3S3+. The maximum atomic E-state index is 13.1. The van der Waals surface area contributed by atoms with Gasteiger partial charge in [-0.25, -0.2) is 0 Å². The predicted molar refractivity (Wildman–Crippen MR) is 163 cm³/mol. The van der Waals surface area contributed by atoms with Crippen LogP contribution < -0.4 is 38.9 Å². The summed E-state index contributed by atoms with van der Waals surface area (Å²) in [5.74, 6) is 0.447. The van der Waals surface area contributed by atoms with E-state index in [0.29, 0.717) is 43.1 Å². The van der Waals surface area contributed by atoms with Crippen molar-refractivity contribution in [3.05, 3.63) is 11.1 Å². The van der Waals surface area contributed by atoms with Gasteiger partial charge in [-0.15, -0.1) is 35.3 Å². The third-order valence-corrected chi connectivity index (χ3v) is 13.7. The first kappa shape index (κ1) is 30.9. The second kappa shape index (κ2) is 14.3. The largest absolute Gasteiger partial charge is 0.378 e. The van der Waals surface area contributed by atoms with Gasteiger partial charge in [-0.2, -0.15) is 0 Å². The molecule has 5 rings (SSSR count). The van der Waals surface area contributed by atoms with E-state index >= 15 is 0 Å². The lowest BCUT2D eigenvalue weighted by atomic mass is 9.91. The Labute approximate surface area is 250 Å². The highest BCUT2D eigenvalue weighted by atomic mass is 32.2. The van der Waals surface area contributed by atoms with Crippen molar-refractivity contribution in [3.8, 4) is 0 Å². The number of nitrogens with zero attached hydrogens (tertiary/aromatic N) is 1. The van der Waals surface area contributed by atoms with E-state index in [1.165, 1.54) is 12.8 Å². The number of allylic oxidation sites excluding steroid dienone is 1. The minimum Gasteiger partial charge on any atom is -0.378 e. The molecule has 4 aliphatic heterocycles. The van der Waals surface area contributed by atoms with Gasteiger partial charge >= 0.3 is 0 Å². The van der Waals surface area contributed by atoms with Crippen LogP contribution in [0.1, 0.15) is 38.5 Å². The third kappa shape index (κ3) is 7.32. The molecule has 1 saturated carbocycles. The molecule has 4 heterocycles. The van der Waals surface area contributed by atoms with E-state index in [-0.39, 0.29) is 21.7 Å². The summed E-state index contributed by atoms with van der Waals surface area (Å²) < 4.78 is 5.52. The molecule has 11 nitrogen and oxygen atoms in total. The number of amides is 1. The zero-order valence-electron chi connectivity index (χ0n) is 23.2. The highest BCUT2D eigenvalue weighted by Gasteiger charge is 2.49. The number of fused-ring (bicyclic) bond motifs is 1. The van der Waals surface area contributed by atoms with Crippen molar-refractivity contribution in [2.24, 2.45) is 29.0 Å². The summed E-state index contributed by atoms with van der Waals surface area (Å²) in [5, 5.41) is 12.7. The molecular weight excluding hydrogens is 569 g/mol. The van der Waals surface area contributed by atoms with Crippen LogP contribution in [0.2, 0.25) is 0 Å². The number of hydrogen-bond donors (Lipinski definition) is 7. The summed E-state index contributed by atoms with van der Waals surface area (Å²) in [6, 6.07) is 0.735. The number of ketones is 1. The molecule has 12 N–H and O–H groups in total. The first-order valence-electron chi connectivity index (χ1n) is 14.7. The standard InChI is InChI=1S/C26H46N8O3S3/c27-15-3-1-2-4-16(15)31-13-32-26(21(24(28)29)25(30)36)33-19-6-5-18(39-19)14-12-38-23-17(35)11-20(40-22(14)23)34-7-9-37-10-8-34/h11,14-16,18-19,21-24,26,31-33H,1-10,12-13,27-29H2,(H2,30,36)/p+1/t14?,15-,16+,18?,19?,21?,22?,23?,26?/m1/s1. The molecule has 1 aliphatic carbocycles. The van der Waals surface area contributed by atoms with Gasteiger partial charge < -0.3 is 32.6 Å². The Morgan fingerprint density at radius 3 is 2.67 bits per heavy atom. The second-order valence-corrected chi connectivity index (χ2v) is 15.4. The summed E-state index contributed by atoms with van der Waals surface area (Å²) >= 11 is 5.64. The van der Waals surface area contributed by atoms with Gasteiger partial charge in [0.25, 0.3) is 0 Å². The van der Waals surface area contributed by atoms with Crippen LogP contribution >= 0.6 is 35.3 Å². The van der Waals surface area contributed by atoms with Crippen LogP contribution in [0.4, 0.5) is 0 Å². The van der Waals surface area contributed by atoms with E-state index in [2.05, 4.69) is 26.6 Å². The van der Waals surface area contributed by atoms with Crippen LogP contribution in [-0.4, -0.2) is 101 Å². The lowest BCUT2D eigenvalue weighted by Crippen LogP contribution is -2.71. The SMILES string of the molecule is NC(=O)C(C(N)N)C(NCN[C@H]1CCCC[C@H]1[NH3+])NC1CCC(C2CSC3C(=O)C=C(N4CCOCC4)SC32)S1. The Kier molecular flexibility index (Phi) is 11.0. The van der Waals surface area contributed by atoms with Gasteiger partial charge in [0, 0.05) is 42.8 Å². The highest BCUT2D eigenvalue weighted by Crippen LogP contribution is 2.52. The van der Waals surface area contributed by atoms with E-state index < -0.39 is 24.2 Å². The second-order valence-electron chi connectivity index (χ2n) is 11.6. The lowest BCUT2D eigenvalue weighted by molar-refractivity contribution is -0.431. The van der Waals surface area contributed by atoms with Crippen molar-refractivity contribution in [2.75, 3.05) is 38.7 Å². The molecule has 4 fully saturated rings. The van der Waals surface area contributed by atoms with Crippen molar-refractivity contribution >= 4 is 47.0 Å². The van der Waals surface area contributed by atoms with Crippen LogP contribution in [0.25, 0.3) is 0 Å². The number of ether oxygens (including phenoxy) is 1. The number of rotatable bonds is 11. The van der Waals surface area contributed by atoms with Gasteiger partial charge in [0.1, 0.15) is 0 Å². The average Bonchev–Trinajstić information content (AvgIpc) is 3.57. The molecule has 0 bridgehead atoms. The first-order valence-corrected chi connectivity index (χ1v) is 17.6. The van der Waals surface area contributed by atoms with Crippen molar-refractivity contribution in [1.82, 2.24) is 20.9 Å². The van der Waals surface area contributed by atoms with Crippen LogP contribution in [0.15, 0.2) is 11.1 Å². The van der Waals surface area contributed by atoms with Crippen LogP contribution in [0, 0.1) is 11.8 Å². The van der Waals surface area contributed by atoms with E-state index in [1.807, 2.05) is 41.4 Å². The normalized spacial score (nSPS) is 36.4. The fourth-order valence-corrected chi connectivity index (χ4v) is 12.0. The molecule has 40 heavy (non-hydrogen) atoms. The zero-order valence-corrected chi connectivity index (χ0v) is 25.6. The number of primary amides is 1. The monoisotopic (exact) mass is 615 g/mol. The van der Waals surface area contributed by atoms with Crippen molar-refractivity contribution < 1.29 is 20.1 Å². The first-order chi connectivity index (χ1) is 19.3. The van der Waals surface area contributed by atoms with Gasteiger partial charge in [-0.3, -0.25) is 25.5 Å². The number of hydrogen-bond acceptors (Lipinski definition) is 12. The Hall–Kier alpha value is -0.550. The van der Waals surface area contributed by atoms with E-state index in [4.69, 9.17) is 21.9 Å². The molecule has 0 aromatic carbocycles. The van der Waals surface area contributed by atoms with E-state index in [9.17, 15) is 9.59 Å². The van der Waals surface area contributed by atoms with E-state index in [0.717, 1.165) is 49.6 Å². The number of carbonyl (C=O) groups excluding carboxylic acids is 2. The molecule has 0 aromatic rings. The topological polar surface area (TPSA) is 188 Å². The van der Waals surface area contributed by atoms with Crippen LogP contribution in [0.5, 0.6) is 0 Å². The molecule has 5 aliphatic rings. The van der Waals surface area contributed by atoms with Crippen LogP contribution in [-0.2, 0) is 14.3 Å². The predicted octanol–water partition coefficient (Wildman–Crippen LogP) is -1.25. The number of carbonyl (C=O) groups is 2. The maximum Gasteiger partial charge on any atom is 0.226 e. The molecule has 3 saturated heterocycles. The summed E-state index contributed by atoms with van der Waals surface area (Å²) in [7, 11) is 0. The number of quaternary nitrogens is 1. The lowest BCUT2D eigenvalue weighted by Gasteiger charge is -2.36. The van der Waals surface area contributed by atoms with Crippen molar-refractivity contribution in [2.45, 2.75) is 84.1 Å². The van der Waals surface area contributed by atoms with Gasteiger partial charge in [-0.05, 0) is 37.4 Å². The molecule has 0 spiro atoms. The summed E-state index contributed by atoms with van der Waals surface area (Å²) in [5.41, 5.74) is 22.2. The Morgan fingerprint density at radius 1 is 1.18 bits per heavy atom. The fourth-order valence-electron chi connectivity index (χ4n) is 6.61. The Morgan fingerprint density at radius 2 is 1.95 bits per heavy atom. The number of thioether (sulfide) groups is 3. The smallest absolute Gasteiger partial charge is 0.226 e. The molecule has 0 radical (unpaired) electrons. The fraction of sp³-hybridized carbons (Fsp3) is 0.846. The van der Waals surface area contributed by atoms with Gasteiger partial charge in [-0.1, -0.05) is 6.42 Å². The Bertz CT molecular complexity index is 924. The molecule has 7 unspecified atom stereocenters. The minimum absolute atomic E-state index is 0.0408. The molecule has 0 aromatic heterocycles. The molecule has 14 heteroatoms. The highest BCUT2D eigenvalue weighted by molar-refractivity contribution is 8.07. The number of nitrogens with two attached hydrogens (primary N) is 3. The molecule has 226 valence electrons. The summed E-state index contributed by atoms with van der Waals surface area (Å²) in [4.78, 5) is 27.8. The number of nitrogens with one attached hydrogen (secondary N) is 3. The minimum atomic E-state index is -0.873. The summed E-state index contributed by atoms with van der Waals surface area (Å²) in [6.07, 6.45) is 7.26. The van der Waals surface area contributed by atoms with Gasteiger partial charge in [0.2, 0.25) is 5.91 Å². The maximum absolute atomic E-state index is 13.1. The van der Waals surface area contributed by atoms with Crippen LogP contribution in [0.3, 0.4) is 0 Å². The molecule has 1 amide bonds. The number of morpholine rings is 1. The quantitative estimate of drug-likeness (QED) is 0.137. The van der Waals surface area contributed by atoms with Crippen molar-refractivity contribution in [1.29, 1.82) is 0 Å². The third-order valence-electron chi connectivity index (χ3n) is 8.91. The summed E-state index contributed by atoms with van der Waals surface area (Å²) in [6.45, 7) is 3.63. The van der Waals surface area contributed by atoms with E-state index in [1.54, 1.807) is 0 Å². The zero-order chi connectivity index (χ0) is 28.2. The van der Waals surface area contributed by atoms with Crippen molar-refractivity contribution in [3.63, 3.8) is 0 Å². The van der Waals surface area contributed by atoms with Gasteiger partial charge in [0.05, 0.1) is 59.2 Å². The van der Waals surface area contributed by atoms with Gasteiger partial charge in [0.15, 0.2) is 5.78 Å². The Balaban J connectivity index is 1.19. The average molecular weight is 616 g/mol.